The third-order valence-corrected chi connectivity index (χ3v) is 20.6. The molecule has 2 aliphatic rings. The Morgan fingerprint density at radius 3 is 2.15 bits per heavy atom. The second kappa shape index (κ2) is 18.1. The summed E-state index contributed by atoms with van der Waals surface area (Å²) in [5, 5.41) is 11.9. The summed E-state index contributed by atoms with van der Waals surface area (Å²) in [5.74, 6) is -0.298. The first kappa shape index (κ1) is 39.4. The van der Waals surface area contributed by atoms with Crippen LogP contribution in [0.15, 0.2) is 36.9 Å². The highest BCUT2D eigenvalue weighted by molar-refractivity contribution is 6.74. The van der Waals surface area contributed by atoms with E-state index in [9.17, 15) is 5.11 Å². The molecule has 8 atom stereocenters. The quantitative estimate of drug-likeness (QED) is 0.109. The molecule has 2 aliphatic heterocycles. The molecule has 1 unspecified atom stereocenters. The van der Waals surface area contributed by atoms with Gasteiger partial charge in [0.1, 0.15) is 5.75 Å². The highest BCUT2D eigenvalue weighted by atomic mass is 28.4. The van der Waals surface area contributed by atoms with Crippen LogP contribution in [0.4, 0.5) is 0 Å². The van der Waals surface area contributed by atoms with Crippen molar-refractivity contribution < 1.29 is 32.9 Å². The molecule has 1 aromatic carbocycles. The van der Waals surface area contributed by atoms with Gasteiger partial charge in [0.15, 0.2) is 22.4 Å². The third kappa shape index (κ3) is 10.00. The largest absolute Gasteiger partial charge is 0.497 e. The maximum atomic E-state index is 11.9. The van der Waals surface area contributed by atoms with Crippen LogP contribution < -0.4 is 4.74 Å². The van der Waals surface area contributed by atoms with Gasteiger partial charge in [0.05, 0.1) is 44.2 Å². The van der Waals surface area contributed by atoms with E-state index in [-0.39, 0.29) is 42.4 Å². The van der Waals surface area contributed by atoms with Gasteiger partial charge in [0.2, 0.25) is 0 Å². The van der Waals surface area contributed by atoms with Gasteiger partial charge in [0, 0.05) is 25.9 Å². The van der Waals surface area contributed by atoms with Crippen LogP contribution in [0.2, 0.25) is 36.3 Å². The van der Waals surface area contributed by atoms with Gasteiger partial charge in [0.25, 0.3) is 0 Å². The summed E-state index contributed by atoms with van der Waals surface area (Å²) < 4.78 is 38.9. The average molecular weight is 679 g/mol. The van der Waals surface area contributed by atoms with Crippen LogP contribution in [0.1, 0.15) is 86.6 Å². The van der Waals surface area contributed by atoms with E-state index >= 15 is 0 Å². The number of rotatable bonds is 20. The Balaban J connectivity index is 1.71. The van der Waals surface area contributed by atoms with Gasteiger partial charge in [-0.1, -0.05) is 73.6 Å². The van der Waals surface area contributed by atoms with Gasteiger partial charge in [-0.05, 0) is 72.2 Å². The number of aliphatic hydroxyl groups is 1. The molecule has 1 N–H and O–H groups in total. The Labute approximate surface area is 283 Å². The van der Waals surface area contributed by atoms with Crippen molar-refractivity contribution >= 4 is 16.6 Å². The van der Waals surface area contributed by atoms with E-state index in [2.05, 4.69) is 62.0 Å². The Kier molecular flexibility index (Phi) is 15.5. The Bertz CT molecular complexity index is 1010. The van der Waals surface area contributed by atoms with Gasteiger partial charge in [-0.3, -0.25) is 0 Å². The van der Waals surface area contributed by atoms with Crippen LogP contribution in [0.25, 0.3) is 0 Å². The van der Waals surface area contributed by atoms with Gasteiger partial charge < -0.3 is 32.9 Å². The minimum Gasteiger partial charge on any atom is -0.497 e. The molecule has 46 heavy (non-hydrogen) atoms. The molecule has 0 aliphatic carbocycles. The van der Waals surface area contributed by atoms with Crippen molar-refractivity contribution in [1.29, 1.82) is 0 Å². The molecule has 1 aromatic rings. The fourth-order valence-corrected chi connectivity index (χ4v) is 13.3. The lowest BCUT2D eigenvalue weighted by Gasteiger charge is -2.52. The van der Waals surface area contributed by atoms with Gasteiger partial charge in [-0.2, -0.15) is 0 Å². The second-order valence-electron chi connectivity index (χ2n) is 14.0. The molecular formula is C37H66O7Si2. The first-order valence-corrected chi connectivity index (χ1v) is 23.3. The van der Waals surface area contributed by atoms with Crippen molar-refractivity contribution in [3.05, 3.63) is 42.5 Å². The molecule has 2 saturated heterocycles. The first-order valence-electron chi connectivity index (χ1n) is 18.2. The van der Waals surface area contributed by atoms with E-state index in [0.29, 0.717) is 19.4 Å². The van der Waals surface area contributed by atoms with Crippen molar-refractivity contribution in [2.45, 2.75) is 160 Å². The molecular weight excluding hydrogens is 613 g/mol. The lowest BCUT2D eigenvalue weighted by molar-refractivity contribution is -0.328. The predicted molar refractivity (Wildman–Crippen MR) is 192 cm³/mol. The van der Waals surface area contributed by atoms with Crippen molar-refractivity contribution in [2.75, 3.05) is 13.7 Å². The van der Waals surface area contributed by atoms with E-state index in [1.165, 1.54) is 0 Å². The van der Waals surface area contributed by atoms with Crippen molar-refractivity contribution in [1.82, 2.24) is 0 Å². The maximum Gasteiger partial charge on any atom is 0.192 e. The number of hydrogen-bond donors (Lipinski definition) is 1. The van der Waals surface area contributed by atoms with Crippen LogP contribution in [-0.2, 0) is 29.7 Å². The summed E-state index contributed by atoms with van der Waals surface area (Å²) in [7, 11) is -1.93. The molecule has 7 nitrogen and oxygen atoms in total. The second-order valence-corrected chi connectivity index (χ2v) is 23.5. The zero-order valence-electron chi connectivity index (χ0n) is 30.5. The van der Waals surface area contributed by atoms with Gasteiger partial charge >= 0.3 is 0 Å². The minimum atomic E-state index is -1.91. The van der Waals surface area contributed by atoms with E-state index in [1.807, 2.05) is 30.3 Å². The summed E-state index contributed by atoms with van der Waals surface area (Å²) in [6, 6.07) is 14.6. The highest BCUT2D eigenvalue weighted by Crippen LogP contribution is 2.44. The monoisotopic (exact) mass is 678 g/mol. The molecule has 0 saturated carbocycles. The predicted octanol–water partition coefficient (Wildman–Crippen LogP) is 8.87. The Morgan fingerprint density at radius 1 is 1.00 bits per heavy atom. The summed E-state index contributed by atoms with van der Waals surface area (Å²) in [6.07, 6.45) is 3.79. The van der Waals surface area contributed by atoms with Crippen molar-refractivity contribution in [3.8, 4) is 5.75 Å². The molecule has 0 radical (unpaired) electrons. The molecule has 0 spiro atoms. The maximum absolute atomic E-state index is 11.9. The van der Waals surface area contributed by atoms with Gasteiger partial charge in [-0.15, -0.1) is 6.58 Å². The van der Waals surface area contributed by atoms with Crippen LogP contribution in [0.5, 0.6) is 5.75 Å². The Hall–Kier alpha value is -1.05. The molecule has 2 heterocycles. The third-order valence-electron chi connectivity index (χ3n) is 11.3. The first-order chi connectivity index (χ1) is 22.0. The lowest BCUT2D eigenvalue weighted by atomic mass is 9.80. The van der Waals surface area contributed by atoms with E-state index in [0.717, 1.165) is 67.0 Å². The fourth-order valence-electron chi connectivity index (χ4n) is 7.73. The number of ether oxygens (including phenoxy) is 4. The van der Waals surface area contributed by atoms with Crippen molar-refractivity contribution in [3.63, 3.8) is 0 Å². The lowest BCUT2D eigenvalue weighted by Crippen LogP contribution is -2.61. The molecule has 9 heteroatoms. The Morgan fingerprint density at radius 2 is 1.61 bits per heavy atom. The van der Waals surface area contributed by atoms with Gasteiger partial charge in [-0.25, -0.2) is 0 Å². The average Bonchev–Trinajstić information content (AvgIpc) is 3.06. The van der Waals surface area contributed by atoms with E-state index < -0.39 is 22.4 Å². The smallest absolute Gasteiger partial charge is 0.192 e. The number of hydrogen-bond acceptors (Lipinski definition) is 7. The molecule has 2 fully saturated rings. The van der Waals surface area contributed by atoms with Crippen molar-refractivity contribution in [2.24, 2.45) is 11.8 Å². The minimum absolute atomic E-state index is 0.00594. The zero-order chi connectivity index (χ0) is 34.0. The molecule has 0 aromatic heterocycles. The topological polar surface area (TPSA) is 75.6 Å². The number of benzene rings is 1. The number of fused-ring (bicyclic) bond motifs is 1. The summed E-state index contributed by atoms with van der Waals surface area (Å²) in [6.45, 7) is 23.2. The van der Waals surface area contributed by atoms with E-state index in [1.54, 1.807) is 7.11 Å². The van der Waals surface area contributed by atoms with E-state index in [4.69, 9.17) is 27.8 Å². The SMILES string of the molecule is C=C[C@@H](OCc1ccc(OC)cc1)[C@@H](C)CC1(O)C[C@H](C)[C@@H]2O[C@H](CCO[Si](CC)(CC)CC)[C@H](O[Si](CC)(CC)CC)C[C@@H]2O1. The fraction of sp³-hybridized carbons (Fsp3) is 0.784. The zero-order valence-corrected chi connectivity index (χ0v) is 32.5. The standard InChI is InChI=1S/C37H66O7Si2/c1-11-32(40-27-30-18-20-31(39-10)21-19-30)28(8)25-37(38)26-29(9)36-35(43-37)24-34(44-46(15-5,16-6)17-7)33(42-36)22-23-41-45(12-2,13-3)14-4/h11,18-21,28-29,32-36,38H,1,12-17,22-27H2,2-10H3/t28-,29-,32+,33+,34+,35-,36-,37?/m0/s1. The normalized spacial score (nSPS) is 28.3. The van der Waals surface area contributed by atoms with Crippen LogP contribution in [0.3, 0.4) is 0 Å². The summed E-state index contributed by atoms with van der Waals surface area (Å²) in [4.78, 5) is 0. The molecule has 264 valence electrons. The summed E-state index contributed by atoms with van der Waals surface area (Å²) >= 11 is 0. The molecule has 0 amide bonds. The number of methoxy groups -OCH3 is 1. The highest BCUT2D eigenvalue weighted by Gasteiger charge is 2.52. The molecule has 0 bridgehead atoms. The molecule has 3 rings (SSSR count). The van der Waals surface area contributed by atoms with Crippen LogP contribution >= 0.6 is 0 Å². The van der Waals surface area contributed by atoms with Crippen LogP contribution in [-0.4, -0.2) is 71.8 Å². The summed E-state index contributed by atoms with van der Waals surface area (Å²) in [5.41, 5.74) is 1.06. The van der Waals surface area contributed by atoms with Crippen LogP contribution in [0, 0.1) is 11.8 Å².